The molecule has 1 aromatic rings. The summed E-state index contributed by atoms with van der Waals surface area (Å²) in [5, 5.41) is 8.84. The van der Waals surface area contributed by atoms with E-state index in [0.717, 1.165) is 25.7 Å². The molecule has 90 valence electrons. The predicted molar refractivity (Wildman–Crippen MR) is 56.1 cm³/mol. The number of aliphatic hydroxyl groups excluding tert-OH is 1. The van der Waals surface area contributed by atoms with Crippen LogP contribution < -0.4 is 4.74 Å². The van der Waals surface area contributed by atoms with E-state index in [1.54, 1.807) is 7.11 Å². The maximum Gasteiger partial charge on any atom is 0.394 e. The maximum absolute atomic E-state index is 8.84. The first-order chi connectivity index (χ1) is 7.81. The van der Waals surface area contributed by atoms with Crippen molar-refractivity contribution in [3.8, 4) is 6.08 Å². The van der Waals surface area contributed by atoms with Crippen LogP contribution >= 0.6 is 0 Å². The van der Waals surface area contributed by atoms with Gasteiger partial charge < -0.3 is 19.0 Å². The minimum absolute atomic E-state index is 0.101. The number of ether oxygens (including phenoxy) is 2. The number of aromatic nitrogens is 1. The van der Waals surface area contributed by atoms with Crippen molar-refractivity contribution < 1.29 is 19.0 Å². The van der Waals surface area contributed by atoms with E-state index in [9.17, 15) is 0 Å². The van der Waals surface area contributed by atoms with Crippen LogP contribution in [-0.4, -0.2) is 29.4 Å². The Morgan fingerprint density at radius 1 is 1.50 bits per heavy atom. The van der Waals surface area contributed by atoms with Crippen LogP contribution in [0.5, 0.6) is 6.08 Å². The number of nitrogens with zero attached hydrogens (tertiary/aromatic N) is 1. The molecule has 1 aromatic heterocycles. The van der Waals surface area contributed by atoms with Gasteiger partial charge in [-0.3, -0.25) is 0 Å². The first-order valence-corrected chi connectivity index (χ1v) is 5.56. The van der Waals surface area contributed by atoms with Gasteiger partial charge in [-0.2, -0.15) is 4.98 Å². The number of aliphatic hydroxyl groups is 1. The Hall–Kier alpha value is -1.07. The standard InChI is InChI=1S/C11H17NO4/c1-14-9-3-2-4-10(5-9)16-11-12-8(6-13)7-15-11/h7,9-10,13H,2-6H2,1H3. The molecule has 1 heterocycles. The number of hydrogen-bond donors (Lipinski definition) is 1. The van der Waals surface area contributed by atoms with E-state index in [1.807, 2.05) is 0 Å². The molecule has 2 unspecified atom stereocenters. The van der Waals surface area contributed by atoms with Gasteiger partial charge in [0.1, 0.15) is 18.1 Å². The van der Waals surface area contributed by atoms with Gasteiger partial charge in [0.2, 0.25) is 0 Å². The average molecular weight is 227 g/mol. The summed E-state index contributed by atoms with van der Waals surface area (Å²) in [6.07, 6.45) is 6.07. The van der Waals surface area contributed by atoms with E-state index in [-0.39, 0.29) is 24.9 Å². The van der Waals surface area contributed by atoms with Crippen molar-refractivity contribution in [3.63, 3.8) is 0 Å². The summed E-state index contributed by atoms with van der Waals surface area (Å²) in [6, 6.07) is 0. The van der Waals surface area contributed by atoms with Gasteiger partial charge in [0, 0.05) is 13.5 Å². The zero-order valence-corrected chi connectivity index (χ0v) is 9.39. The van der Waals surface area contributed by atoms with Crippen LogP contribution in [0, 0.1) is 0 Å². The Balaban J connectivity index is 1.88. The zero-order chi connectivity index (χ0) is 11.4. The lowest BCUT2D eigenvalue weighted by Crippen LogP contribution is -2.29. The van der Waals surface area contributed by atoms with E-state index < -0.39 is 0 Å². The Bertz CT molecular complexity index is 326. The van der Waals surface area contributed by atoms with Gasteiger partial charge in [0.25, 0.3) is 0 Å². The molecule has 0 amide bonds. The summed E-state index contributed by atoms with van der Waals surface area (Å²) in [4.78, 5) is 3.99. The van der Waals surface area contributed by atoms with E-state index >= 15 is 0 Å². The summed E-state index contributed by atoms with van der Waals surface area (Å²) in [7, 11) is 1.72. The molecule has 5 nitrogen and oxygen atoms in total. The third kappa shape index (κ3) is 2.74. The monoisotopic (exact) mass is 227 g/mol. The molecule has 2 atom stereocenters. The number of oxazole rings is 1. The second kappa shape index (κ2) is 5.32. The highest BCUT2D eigenvalue weighted by atomic mass is 16.6. The summed E-state index contributed by atoms with van der Waals surface area (Å²) >= 11 is 0. The molecule has 0 aromatic carbocycles. The summed E-state index contributed by atoms with van der Waals surface area (Å²) in [5.74, 6) is 0. The number of hydrogen-bond acceptors (Lipinski definition) is 5. The summed E-state index contributed by atoms with van der Waals surface area (Å²) < 4.78 is 16.0. The fraction of sp³-hybridized carbons (Fsp3) is 0.727. The number of methoxy groups -OCH3 is 1. The molecule has 0 bridgehead atoms. The van der Waals surface area contributed by atoms with Crippen molar-refractivity contribution >= 4 is 0 Å². The highest BCUT2D eigenvalue weighted by molar-refractivity contribution is 4.98. The second-order valence-corrected chi connectivity index (χ2v) is 4.03. The van der Waals surface area contributed by atoms with E-state index in [2.05, 4.69) is 4.98 Å². The average Bonchev–Trinajstić information content (AvgIpc) is 2.77. The molecule has 1 fully saturated rings. The van der Waals surface area contributed by atoms with Crippen molar-refractivity contribution in [2.75, 3.05) is 7.11 Å². The summed E-state index contributed by atoms with van der Waals surface area (Å²) in [6.45, 7) is -0.127. The molecule has 0 aliphatic heterocycles. The first kappa shape index (κ1) is 11.4. The Labute approximate surface area is 94.4 Å². The molecule has 16 heavy (non-hydrogen) atoms. The van der Waals surface area contributed by atoms with Crippen molar-refractivity contribution in [2.24, 2.45) is 0 Å². The zero-order valence-electron chi connectivity index (χ0n) is 9.39. The van der Waals surface area contributed by atoms with Gasteiger partial charge >= 0.3 is 6.08 Å². The third-order valence-corrected chi connectivity index (χ3v) is 2.87. The molecule has 2 rings (SSSR count). The maximum atomic E-state index is 8.84. The topological polar surface area (TPSA) is 64.7 Å². The van der Waals surface area contributed by atoms with Gasteiger partial charge in [-0.1, -0.05) is 0 Å². The second-order valence-electron chi connectivity index (χ2n) is 4.03. The lowest BCUT2D eigenvalue weighted by molar-refractivity contribution is 0.0110. The van der Waals surface area contributed by atoms with Crippen LogP contribution in [0.4, 0.5) is 0 Å². The normalized spacial score (nSPS) is 25.6. The van der Waals surface area contributed by atoms with Crippen LogP contribution in [0.15, 0.2) is 10.7 Å². The molecule has 1 saturated carbocycles. The lowest BCUT2D eigenvalue weighted by Gasteiger charge is -2.27. The third-order valence-electron chi connectivity index (χ3n) is 2.87. The fourth-order valence-corrected chi connectivity index (χ4v) is 1.98. The molecular weight excluding hydrogens is 210 g/mol. The van der Waals surface area contributed by atoms with E-state index in [0.29, 0.717) is 5.69 Å². The van der Waals surface area contributed by atoms with Crippen LogP contribution in [0.1, 0.15) is 31.4 Å². The summed E-state index contributed by atoms with van der Waals surface area (Å²) in [5.41, 5.74) is 0.495. The Morgan fingerprint density at radius 3 is 3.00 bits per heavy atom. The Kier molecular flexibility index (Phi) is 3.79. The smallest absolute Gasteiger partial charge is 0.394 e. The molecule has 1 N–H and O–H groups in total. The fourth-order valence-electron chi connectivity index (χ4n) is 1.98. The van der Waals surface area contributed by atoms with Gasteiger partial charge in [-0.05, 0) is 19.3 Å². The molecule has 0 radical (unpaired) electrons. The number of rotatable bonds is 4. The van der Waals surface area contributed by atoms with Crippen molar-refractivity contribution in [1.82, 2.24) is 4.98 Å². The van der Waals surface area contributed by atoms with Crippen molar-refractivity contribution in [2.45, 2.75) is 44.5 Å². The highest BCUT2D eigenvalue weighted by Gasteiger charge is 2.24. The lowest BCUT2D eigenvalue weighted by atomic mass is 9.95. The van der Waals surface area contributed by atoms with Gasteiger partial charge in [-0.25, -0.2) is 0 Å². The van der Waals surface area contributed by atoms with Crippen molar-refractivity contribution in [3.05, 3.63) is 12.0 Å². The largest absolute Gasteiger partial charge is 0.447 e. The van der Waals surface area contributed by atoms with Gasteiger partial charge in [0.15, 0.2) is 0 Å². The SMILES string of the molecule is COC1CCCC(Oc2nc(CO)co2)C1. The highest BCUT2D eigenvalue weighted by Crippen LogP contribution is 2.24. The minimum atomic E-state index is -0.127. The van der Waals surface area contributed by atoms with Gasteiger partial charge in [0.05, 0.1) is 12.7 Å². The molecule has 1 aliphatic rings. The van der Waals surface area contributed by atoms with Crippen LogP contribution in [0.25, 0.3) is 0 Å². The minimum Gasteiger partial charge on any atom is -0.447 e. The van der Waals surface area contributed by atoms with Gasteiger partial charge in [-0.15, -0.1) is 0 Å². The van der Waals surface area contributed by atoms with Crippen molar-refractivity contribution in [1.29, 1.82) is 0 Å². The van der Waals surface area contributed by atoms with Crippen LogP contribution in [-0.2, 0) is 11.3 Å². The van der Waals surface area contributed by atoms with E-state index in [1.165, 1.54) is 6.26 Å². The molecule has 0 saturated heterocycles. The first-order valence-electron chi connectivity index (χ1n) is 5.56. The molecular formula is C11H17NO4. The Morgan fingerprint density at radius 2 is 2.31 bits per heavy atom. The van der Waals surface area contributed by atoms with Crippen LogP contribution in [0.2, 0.25) is 0 Å². The molecule has 5 heteroatoms. The molecule has 0 spiro atoms. The quantitative estimate of drug-likeness (QED) is 0.844. The molecule has 1 aliphatic carbocycles. The van der Waals surface area contributed by atoms with Crippen LogP contribution in [0.3, 0.4) is 0 Å². The predicted octanol–water partition coefficient (Wildman–Crippen LogP) is 1.50. The van der Waals surface area contributed by atoms with E-state index in [4.69, 9.17) is 19.0 Å².